The van der Waals surface area contributed by atoms with Crippen molar-refractivity contribution in [2.75, 3.05) is 0 Å². The lowest BCUT2D eigenvalue weighted by Crippen LogP contribution is -2.34. The second-order valence-electron chi connectivity index (χ2n) is 7.31. The number of aldehydes is 1. The van der Waals surface area contributed by atoms with Crippen molar-refractivity contribution in [1.82, 2.24) is 5.01 Å². The summed E-state index contributed by atoms with van der Waals surface area (Å²) in [6, 6.07) is 22.3. The van der Waals surface area contributed by atoms with Crippen LogP contribution in [0.1, 0.15) is 56.1 Å². The zero-order chi connectivity index (χ0) is 20.7. The number of primary amides is 1. The number of para-hydroxylation sites is 1. The Bertz CT molecular complexity index is 1190. The van der Waals surface area contributed by atoms with Crippen molar-refractivity contribution in [3.63, 3.8) is 0 Å². The normalized spacial score (nSPS) is 19.3. The number of rotatable bonds is 4. The minimum absolute atomic E-state index is 0.0735. The first-order chi connectivity index (χ1) is 14.7. The van der Waals surface area contributed by atoms with E-state index >= 15 is 0 Å². The van der Waals surface area contributed by atoms with Gasteiger partial charge in [-0.05, 0) is 12.1 Å². The molecule has 0 saturated carbocycles. The third-order valence-electron chi connectivity index (χ3n) is 5.59. The minimum atomic E-state index is -0.551. The van der Waals surface area contributed by atoms with Crippen LogP contribution in [0.3, 0.4) is 0 Å². The molecule has 2 heterocycles. The van der Waals surface area contributed by atoms with Gasteiger partial charge < -0.3 is 10.5 Å². The van der Waals surface area contributed by atoms with Crippen LogP contribution >= 0.6 is 0 Å². The third-order valence-corrected chi connectivity index (χ3v) is 5.59. The van der Waals surface area contributed by atoms with E-state index in [1.165, 1.54) is 0 Å². The van der Waals surface area contributed by atoms with Crippen LogP contribution in [0.25, 0.3) is 0 Å². The van der Waals surface area contributed by atoms with E-state index in [0.717, 1.165) is 34.4 Å². The van der Waals surface area contributed by atoms with E-state index in [2.05, 4.69) is 0 Å². The molecule has 2 aliphatic rings. The summed E-state index contributed by atoms with van der Waals surface area (Å²) in [6.07, 6.45) is 0.881. The van der Waals surface area contributed by atoms with E-state index in [1.807, 2.05) is 59.6 Å². The average Bonchev–Trinajstić information content (AvgIpc) is 3.24. The Morgan fingerprint density at radius 2 is 1.70 bits per heavy atom. The number of ether oxygens (including phenoxy) is 1. The lowest BCUT2D eigenvalue weighted by molar-refractivity contribution is -0.0193. The van der Waals surface area contributed by atoms with Crippen molar-refractivity contribution in [3.05, 3.63) is 101 Å². The summed E-state index contributed by atoms with van der Waals surface area (Å²) in [4.78, 5) is 23.6. The van der Waals surface area contributed by atoms with Gasteiger partial charge in [-0.2, -0.15) is 5.10 Å². The number of fused-ring (bicyclic) bond motifs is 3. The van der Waals surface area contributed by atoms with Crippen LogP contribution in [0.2, 0.25) is 0 Å². The van der Waals surface area contributed by atoms with Gasteiger partial charge in [0.2, 0.25) is 12.1 Å². The summed E-state index contributed by atoms with van der Waals surface area (Å²) >= 11 is 0. The second-order valence-corrected chi connectivity index (χ2v) is 7.31. The molecule has 1 amide bonds. The van der Waals surface area contributed by atoms with E-state index in [-0.39, 0.29) is 6.04 Å². The number of hydrogen-bond acceptors (Lipinski definition) is 5. The highest BCUT2D eigenvalue weighted by Crippen LogP contribution is 2.47. The van der Waals surface area contributed by atoms with E-state index in [4.69, 9.17) is 15.6 Å². The fourth-order valence-electron chi connectivity index (χ4n) is 4.19. The number of nitrogens with zero attached hydrogens (tertiary/aromatic N) is 2. The average molecular weight is 397 g/mol. The Morgan fingerprint density at radius 1 is 1.00 bits per heavy atom. The standard InChI is InChI=1S/C24H19N3O3/c25-23(29)18-10-4-3-9-17(18)20-13-21-19-11-5-6-12-22(19)30-24(27(21)26-20)16-8-2-1-7-15(16)14-28/h1-12,14,21,24H,13H2,(H2,25,29). The topological polar surface area (TPSA) is 85.0 Å². The lowest BCUT2D eigenvalue weighted by Gasteiger charge is -2.38. The molecule has 0 aliphatic carbocycles. The van der Waals surface area contributed by atoms with Gasteiger partial charge in [-0.15, -0.1) is 0 Å². The van der Waals surface area contributed by atoms with Crippen molar-refractivity contribution < 1.29 is 14.3 Å². The molecule has 5 rings (SSSR count). The van der Waals surface area contributed by atoms with Crippen molar-refractivity contribution in [2.45, 2.75) is 18.7 Å². The van der Waals surface area contributed by atoms with Gasteiger partial charge >= 0.3 is 0 Å². The zero-order valence-corrected chi connectivity index (χ0v) is 16.1. The Morgan fingerprint density at radius 3 is 2.50 bits per heavy atom. The second kappa shape index (κ2) is 7.15. The summed E-state index contributed by atoms with van der Waals surface area (Å²) in [5.41, 5.74) is 9.85. The molecule has 0 radical (unpaired) electrons. The van der Waals surface area contributed by atoms with Gasteiger partial charge in [-0.1, -0.05) is 60.7 Å². The van der Waals surface area contributed by atoms with Gasteiger partial charge in [0.05, 0.1) is 11.8 Å². The Balaban J connectivity index is 1.65. The first kappa shape index (κ1) is 18.1. The van der Waals surface area contributed by atoms with Crippen LogP contribution in [0.4, 0.5) is 0 Å². The molecule has 3 aromatic rings. The lowest BCUT2D eigenvalue weighted by atomic mass is 9.93. The number of carbonyl (C=O) groups excluding carboxylic acids is 2. The first-order valence-electron chi connectivity index (χ1n) is 9.72. The molecular weight excluding hydrogens is 378 g/mol. The van der Waals surface area contributed by atoms with Crippen LogP contribution < -0.4 is 10.5 Å². The molecule has 2 atom stereocenters. The van der Waals surface area contributed by atoms with E-state index in [1.54, 1.807) is 18.2 Å². The summed E-state index contributed by atoms with van der Waals surface area (Å²) in [5, 5.41) is 6.74. The molecule has 6 nitrogen and oxygen atoms in total. The number of carbonyl (C=O) groups is 2. The Labute approximate surface area is 173 Å². The van der Waals surface area contributed by atoms with E-state index in [9.17, 15) is 9.59 Å². The zero-order valence-electron chi connectivity index (χ0n) is 16.1. The predicted octanol–water partition coefficient (Wildman–Crippen LogP) is 3.84. The first-order valence-corrected chi connectivity index (χ1v) is 9.72. The Hall–Kier alpha value is -3.93. The molecule has 0 bridgehead atoms. The van der Waals surface area contributed by atoms with Crippen LogP contribution in [0.5, 0.6) is 5.75 Å². The van der Waals surface area contributed by atoms with Gasteiger partial charge in [0.15, 0.2) is 6.29 Å². The van der Waals surface area contributed by atoms with Crippen LogP contribution in [0, 0.1) is 0 Å². The number of amides is 1. The van der Waals surface area contributed by atoms with Gasteiger partial charge in [0.1, 0.15) is 5.75 Å². The molecule has 0 saturated heterocycles. The molecule has 30 heavy (non-hydrogen) atoms. The van der Waals surface area contributed by atoms with Crippen LogP contribution in [-0.4, -0.2) is 22.9 Å². The molecular formula is C24H19N3O3. The number of benzene rings is 3. The highest BCUT2D eigenvalue weighted by Gasteiger charge is 2.41. The summed E-state index contributed by atoms with van der Waals surface area (Å²) in [6.45, 7) is 0. The van der Waals surface area contributed by atoms with Gasteiger partial charge in [0, 0.05) is 34.2 Å². The molecule has 6 heteroatoms. The maximum atomic E-state index is 12.0. The molecule has 3 aromatic carbocycles. The van der Waals surface area contributed by atoms with Gasteiger partial charge in [-0.25, -0.2) is 5.01 Å². The maximum Gasteiger partial charge on any atom is 0.249 e. The van der Waals surface area contributed by atoms with Crippen molar-refractivity contribution in [2.24, 2.45) is 10.8 Å². The van der Waals surface area contributed by atoms with Crippen molar-refractivity contribution in [1.29, 1.82) is 0 Å². The third kappa shape index (κ3) is 2.85. The van der Waals surface area contributed by atoms with Gasteiger partial charge in [0.25, 0.3) is 0 Å². The molecule has 148 valence electrons. The number of nitrogens with two attached hydrogens (primary N) is 1. The largest absolute Gasteiger partial charge is 0.464 e. The number of hydrogen-bond donors (Lipinski definition) is 1. The van der Waals surface area contributed by atoms with Crippen molar-refractivity contribution >= 4 is 17.9 Å². The summed E-state index contributed by atoms with van der Waals surface area (Å²) < 4.78 is 6.30. The maximum absolute atomic E-state index is 12.0. The predicted molar refractivity (Wildman–Crippen MR) is 112 cm³/mol. The minimum Gasteiger partial charge on any atom is -0.464 e. The van der Waals surface area contributed by atoms with Crippen molar-refractivity contribution in [3.8, 4) is 5.75 Å². The summed E-state index contributed by atoms with van der Waals surface area (Å²) in [7, 11) is 0. The Kier molecular flexibility index (Phi) is 4.32. The quantitative estimate of drug-likeness (QED) is 0.678. The molecule has 2 unspecified atom stereocenters. The fraction of sp³-hybridized carbons (Fsp3) is 0.125. The fourth-order valence-corrected chi connectivity index (χ4v) is 4.19. The van der Waals surface area contributed by atoms with Gasteiger partial charge in [-0.3, -0.25) is 9.59 Å². The highest BCUT2D eigenvalue weighted by molar-refractivity contribution is 6.10. The summed E-state index contributed by atoms with van der Waals surface area (Å²) in [5.74, 6) is 0.279. The molecule has 2 aliphatic heterocycles. The molecule has 0 spiro atoms. The van der Waals surface area contributed by atoms with E-state index < -0.39 is 12.1 Å². The SMILES string of the molecule is NC(=O)c1ccccc1C1=NN2C(C1)c1ccccc1OC2c1ccccc1C=O. The van der Waals surface area contributed by atoms with Crippen LogP contribution in [0.15, 0.2) is 77.9 Å². The van der Waals surface area contributed by atoms with E-state index in [0.29, 0.717) is 17.5 Å². The number of hydrazone groups is 1. The van der Waals surface area contributed by atoms with Crippen LogP contribution in [-0.2, 0) is 0 Å². The monoisotopic (exact) mass is 397 g/mol. The molecule has 0 aromatic heterocycles. The highest BCUT2D eigenvalue weighted by atomic mass is 16.5. The molecule has 2 N–H and O–H groups in total. The smallest absolute Gasteiger partial charge is 0.249 e. The molecule has 0 fully saturated rings.